The number of rotatable bonds is 2. The van der Waals surface area contributed by atoms with Gasteiger partial charge in [-0.05, 0) is 0 Å². The van der Waals surface area contributed by atoms with Gasteiger partial charge in [0.1, 0.15) is 29.4 Å². The first-order chi connectivity index (χ1) is 9.13. The molecule has 1 aliphatic rings. The van der Waals surface area contributed by atoms with Crippen LogP contribution in [-0.2, 0) is 4.74 Å². The summed E-state index contributed by atoms with van der Waals surface area (Å²) in [5.74, 6) is 0.257. The first-order valence-electron chi connectivity index (χ1n) is 5.65. The normalized spacial score (nSPS) is 31.1. The average molecular weight is 286 g/mol. The van der Waals surface area contributed by atoms with E-state index in [0.717, 1.165) is 0 Å². The number of nitrogens with zero attached hydrogens (tertiary/aromatic N) is 4. The van der Waals surface area contributed by atoms with E-state index in [0.29, 0.717) is 11.2 Å². The Morgan fingerprint density at radius 3 is 2.89 bits per heavy atom. The number of aliphatic hydroxyl groups excluding tert-OH is 2. The molecule has 1 saturated heterocycles. The zero-order valence-corrected chi connectivity index (χ0v) is 10.5. The Morgan fingerprint density at radius 1 is 1.42 bits per heavy atom. The number of aliphatic hydroxyl groups is 2. The number of aromatic nitrogens is 4. The van der Waals surface area contributed by atoms with Crippen LogP contribution in [0, 0.1) is 0 Å². The number of nitrogen functional groups attached to an aromatic ring is 1. The van der Waals surface area contributed by atoms with Gasteiger partial charge >= 0.3 is 0 Å². The molecule has 19 heavy (non-hydrogen) atoms. The molecule has 102 valence electrons. The number of hydrogen-bond donors (Lipinski definition) is 3. The van der Waals surface area contributed by atoms with Crippen LogP contribution in [0.5, 0.6) is 0 Å². The van der Waals surface area contributed by atoms with E-state index in [9.17, 15) is 5.11 Å². The third-order valence-corrected chi connectivity index (χ3v) is 3.61. The molecule has 0 unspecified atom stereocenters. The monoisotopic (exact) mass is 285 g/mol. The largest absolute Gasteiger partial charge is 0.394 e. The predicted molar refractivity (Wildman–Crippen MR) is 66.4 cm³/mol. The second kappa shape index (κ2) is 4.57. The third kappa shape index (κ3) is 1.84. The van der Waals surface area contributed by atoms with E-state index in [1.165, 1.54) is 12.7 Å². The predicted octanol–water partition coefficient (Wildman–Crippen LogP) is -0.734. The van der Waals surface area contributed by atoms with Gasteiger partial charge in [0.25, 0.3) is 0 Å². The summed E-state index contributed by atoms with van der Waals surface area (Å²) in [4.78, 5) is 12.0. The van der Waals surface area contributed by atoms with Crippen LogP contribution >= 0.6 is 11.6 Å². The molecule has 1 aliphatic heterocycles. The highest BCUT2D eigenvalue weighted by atomic mass is 35.5. The minimum absolute atomic E-state index is 0.257. The Bertz CT molecular complexity index is 606. The van der Waals surface area contributed by atoms with Gasteiger partial charge in [-0.2, -0.15) is 0 Å². The van der Waals surface area contributed by atoms with Crippen LogP contribution < -0.4 is 5.73 Å². The van der Waals surface area contributed by atoms with Crippen LogP contribution in [0.15, 0.2) is 12.7 Å². The summed E-state index contributed by atoms with van der Waals surface area (Å²) in [7, 11) is 0. The fourth-order valence-electron chi connectivity index (χ4n) is 2.13. The van der Waals surface area contributed by atoms with Gasteiger partial charge in [0.2, 0.25) is 0 Å². The van der Waals surface area contributed by atoms with Crippen molar-refractivity contribution in [3.8, 4) is 0 Å². The molecule has 1 fully saturated rings. The molecular formula is C10H12ClN5O3. The summed E-state index contributed by atoms with van der Waals surface area (Å²) in [6.45, 7) is -0.315. The molecule has 4 atom stereocenters. The van der Waals surface area contributed by atoms with Crippen molar-refractivity contribution >= 4 is 28.6 Å². The minimum atomic E-state index is -0.965. The first kappa shape index (κ1) is 12.5. The van der Waals surface area contributed by atoms with Crippen molar-refractivity contribution in [2.75, 3.05) is 12.3 Å². The minimum Gasteiger partial charge on any atom is -0.394 e. The zero-order valence-electron chi connectivity index (χ0n) is 9.72. The standard InChI is InChI=1S/C10H12ClN5O3/c11-5-7(18)4(1-17)19-10(5)16-3-15-6-8(12)13-2-14-9(6)16/h2-5,7,10,17-18H,1H2,(H2,12,13,14)/t4-,5-,7-,10-/m1/s1. The van der Waals surface area contributed by atoms with Crippen molar-refractivity contribution in [2.45, 2.75) is 23.8 Å². The molecule has 0 aliphatic carbocycles. The number of alkyl halides is 1. The summed E-state index contributed by atoms with van der Waals surface area (Å²) < 4.78 is 7.09. The van der Waals surface area contributed by atoms with Crippen molar-refractivity contribution < 1.29 is 14.9 Å². The van der Waals surface area contributed by atoms with Gasteiger partial charge in [-0.3, -0.25) is 4.57 Å². The second-order valence-corrected chi connectivity index (χ2v) is 4.77. The van der Waals surface area contributed by atoms with Gasteiger partial charge in [0, 0.05) is 0 Å². The highest BCUT2D eigenvalue weighted by molar-refractivity contribution is 6.21. The topological polar surface area (TPSA) is 119 Å². The summed E-state index contributed by atoms with van der Waals surface area (Å²) in [5.41, 5.74) is 6.60. The molecule has 4 N–H and O–H groups in total. The fraction of sp³-hybridized carbons (Fsp3) is 0.500. The van der Waals surface area contributed by atoms with Crippen molar-refractivity contribution in [1.29, 1.82) is 0 Å². The number of imidazole rings is 1. The van der Waals surface area contributed by atoms with Crippen molar-refractivity contribution in [3.63, 3.8) is 0 Å². The maximum atomic E-state index is 9.85. The molecule has 0 spiro atoms. The van der Waals surface area contributed by atoms with E-state index < -0.39 is 23.8 Å². The molecular weight excluding hydrogens is 274 g/mol. The van der Waals surface area contributed by atoms with Crippen LogP contribution in [0.4, 0.5) is 5.82 Å². The summed E-state index contributed by atoms with van der Waals surface area (Å²) in [6, 6.07) is 0. The van der Waals surface area contributed by atoms with Gasteiger partial charge in [-0.15, -0.1) is 11.6 Å². The van der Waals surface area contributed by atoms with Gasteiger partial charge in [-0.1, -0.05) is 0 Å². The Hall–Kier alpha value is -1.48. The van der Waals surface area contributed by atoms with Crippen LogP contribution in [-0.4, -0.2) is 53.9 Å². The second-order valence-electron chi connectivity index (χ2n) is 4.27. The SMILES string of the molecule is Nc1ncnc2c1ncn2[C@@H]1O[C@H](CO)[C@@H](O)[C@H]1Cl. The van der Waals surface area contributed by atoms with E-state index in [-0.39, 0.29) is 12.4 Å². The lowest BCUT2D eigenvalue weighted by Crippen LogP contribution is -2.29. The van der Waals surface area contributed by atoms with Crippen LogP contribution in [0.3, 0.4) is 0 Å². The first-order valence-corrected chi connectivity index (χ1v) is 6.08. The van der Waals surface area contributed by atoms with E-state index in [4.69, 9.17) is 27.2 Å². The van der Waals surface area contributed by atoms with Crippen molar-refractivity contribution in [1.82, 2.24) is 19.5 Å². The number of anilines is 1. The number of fused-ring (bicyclic) bond motifs is 1. The zero-order chi connectivity index (χ0) is 13.6. The Balaban J connectivity index is 2.04. The van der Waals surface area contributed by atoms with Gasteiger partial charge in [0.15, 0.2) is 17.7 Å². The maximum Gasteiger partial charge on any atom is 0.167 e. The lowest BCUT2D eigenvalue weighted by molar-refractivity contribution is -0.0431. The number of nitrogens with two attached hydrogens (primary N) is 1. The van der Waals surface area contributed by atoms with Gasteiger partial charge in [0.05, 0.1) is 12.9 Å². The molecule has 0 amide bonds. The van der Waals surface area contributed by atoms with Crippen LogP contribution in [0.2, 0.25) is 0 Å². The number of hydrogen-bond acceptors (Lipinski definition) is 7. The third-order valence-electron chi connectivity index (χ3n) is 3.13. The van der Waals surface area contributed by atoms with Crippen LogP contribution in [0.25, 0.3) is 11.2 Å². The molecule has 0 saturated carbocycles. The fourth-order valence-corrected chi connectivity index (χ4v) is 2.48. The van der Waals surface area contributed by atoms with Crippen molar-refractivity contribution in [2.24, 2.45) is 0 Å². The van der Waals surface area contributed by atoms with Gasteiger partial charge < -0.3 is 20.7 Å². The smallest absolute Gasteiger partial charge is 0.167 e. The molecule has 2 aromatic rings. The molecule has 2 aromatic heterocycles. The Labute approximate surface area is 112 Å². The highest BCUT2D eigenvalue weighted by Gasteiger charge is 2.43. The molecule has 8 nitrogen and oxygen atoms in total. The Morgan fingerprint density at radius 2 is 2.21 bits per heavy atom. The Kier molecular flexibility index (Phi) is 3.02. The van der Waals surface area contributed by atoms with Crippen molar-refractivity contribution in [3.05, 3.63) is 12.7 Å². The molecule has 0 bridgehead atoms. The molecule has 0 aromatic carbocycles. The molecule has 9 heteroatoms. The van der Waals surface area contributed by atoms with Gasteiger partial charge in [-0.25, -0.2) is 15.0 Å². The van der Waals surface area contributed by atoms with E-state index >= 15 is 0 Å². The molecule has 0 radical (unpaired) electrons. The van der Waals surface area contributed by atoms with E-state index in [2.05, 4.69) is 15.0 Å². The van der Waals surface area contributed by atoms with E-state index in [1.54, 1.807) is 4.57 Å². The lowest BCUT2D eigenvalue weighted by Gasteiger charge is -2.15. The number of ether oxygens (including phenoxy) is 1. The summed E-state index contributed by atoms with van der Waals surface area (Å²) in [6.07, 6.45) is 0.418. The lowest BCUT2D eigenvalue weighted by atomic mass is 10.2. The highest BCUT2D eigenvalue weighted by Crippen LogP contribution is 2.35. The molecule has 3 rings (SSSR count). The molecule has 3 heterocycles. The quantitative estimate of drug-likeness (QED) is 0.622. The maximum absolute atomic E-state index is 9.85. The average Bonchev–Trinajstić information content (AvgIpc) is 2.94. The van der Waals surface area contributed by atoms with E-state index in [1.807, 2.05) is 0 Å². The summed E-state index contributed by atoms with van der Waals surface area (Å²) >= 11 is 6.12. The number of halogens is 1. The van der Waals surface area contributed by atoms with Crippen LogP contribution in [0.1, 0.15) is 6.23 Å². The summed E-state index contributed by atoms with van der Waals surface area (Å²) in [5, 5.41) is 18.2.